The zero-order valence-corrected chi connectivity index (χ0v) is 12.6. The van der Waals surface area contributed by atoms with Crippen molar-refractivity contribution in [1.29, 1.82) is 0 Å². The lowest BCUT2D eigenvalue weighted by atomic mass is 10.2. The highest BCUT2D eigenvalue weighted by Gasteiger charge is 2.08. The number of ether oxygens (including phenoxy) is 1. The number of rotatable bonds is 7. The largest absolute Gasteiger partial charge is 0.492 e. The molecule has 2 N–H and O–H groups in total. The van der Waals surface area contributed by atoms with Crippen LogP contribution in [-0.2, 0) is 4.79 Å². The van der Waals surface area contributed by atoms with Crippen molar-refractivity contribution in [2.45, 2.75) is 6.92 Å². The molecule has 23 heavy (non-hydrogen) atoms. The van der Waals surface area contributed by atoms with Gasteiger partial charge in [0.15, 0.2) is 0 Å². The fraction of sp³-hybridized carbons (Fsp3) is 0.188. The molecule has 0 saturated heterocycles. The Labute approximate surface area is 133 Å². The van der Waals surface area contributed by atoms with Crippen LogP contribution in [0.2, 0.25) is 0 Å². The first-order valence-corrected chi connectivity index (χ1v) is 7.10. The lowest BCUT2D eigenvalue weighted by Gasteiger charge is -2.12. The first kappa shape index (κ1) is 16.3. The van der Waals surface area contributed by atoms with Gasteiger partial charge in [0.05, 0.1) is 23.8 Å². The van der Waals surface area contributed by atoms with E-state index in [1.165, 1.54) is 12.1 Å². The van der Waals surface area contributed by atoms with E-state index in [1.54, 1.807) is 24.3 Å². The molecule has 0 bridgehead atoms. The average Bonchev–Trinajstić information content (AvgIpc) is 2.55. The molecule has 0 saturated carbocycles. The molecule has 0 fully saturated rings. The van der Waals surface area contributed by atoms with Crippen molar-refractivity contribution in [1.82, 2.24) is 0 Å². The number of para-hydroxylation sites is 2. The Balaban J connectivity index is 1.91. The summed E-state index contributed by atoms with van der Waals surface area (Å²) < 4.78 is 5.44. The van der Waals surface area contributed by atoms with Gasteiger partial charge in [-0.3, -0.25) is 14.9 Å². The highest BCUT2D eigenvalue weighted by molar-refractivity contribution is 5.95. The van der Waals surface area contributed by atoms with Gasteiger partial charge in [0.2, 0.25) is 5.91 Å². The van der Waals surface area contributed by atoms with Gasteiger partial charge in [0.1, 0.15) is 5.75 Å². The second kappa shape index (κ2) is 7.79. The van der Waals surface area contributed by atoms with E-state index in [4.69, 9.17) is 4.74 Å². The molecule has 0 heterocycles. The van der Waals surface area contributed by atoms with Gasteiger partial charge in [-0.2, -0.15) is 0 Å². The number of nitro benzene ring substituents is 1. The Hall–Kier alpha value is -3.09. The highest BCUT2D eigenvalue weighted by atomic mass is 16.6. The topological polar surface area (TPSA) is 93.5 Å². The molecule has 0 spiro atoms. The van der Waals surface area contributed by atoms with Crippen molar-refractivity contribution in [3.05, 3.63) is 58.6 Å². The van der Waals surface area contributed by atoms with Gasteiger partial charge in [0.25, 0.3) is 5.69 Å². The van der Waals surface area contributed by atoms with E-state index < -0.39 is 4.92 Å². The molecule has 2 rings (SSSR count). The number of hydrogen-bond donors (Lipinski definition) is 2. The Morgan fingerprint density at radius 2 is 1.87 bits per heavy atom. The van der Waals surface area contributed by atoms with Gasteiger partial charge in [-0.25, -0.2) is 0 Å². The average molecular weight is 315 g/mol. The Morgan fingerprint density at radius 1 is 1.17 bits per heavy atom. The molecular formula is C16H17N3O4. The van der Waals surface area contributed by atoms with E-state index >= 15 is 0 Å². The monoisotopic (exact) mass is 315 g/mol. The van der Waals surface area contributed by atoms with Crippen LogP contribution in [0.1, 0.15) is 6.92 Å². The van der Waals surface area contributed by atoms with Gasteiger partial charge in [-0.15, -0.1) is 0 Å². The molecule has 2 aromatic rings. The van der Waals surface area contributed by atoms with Crippen LogP contribution < -0.4 is 15.4 Å². The number of carbonyl (C=O) groups excluding carboxylic acids is 1. The van der Waals surface area contributed by atoms with Gasteiger partial charge >= 0.3 is 0 Å². The summed E-state index contributed by atoms with van der Waals surface area (Å²) in [4.78, 5) is 22.1. The molecule has 120 valence electrons. The normalized spacial score (nSPS) is 9.96. The maximum absolute atomic E-state index is 12.0. The van der Waals surface area contributed by atoms with Crippen molar-refractivity contribution in [3.8, 4) is 5.75 Å². The van der Waals surface area contributed by atoms with Gasteiger partial charge in [-0.1, -0.05) is 12.1 Å². The summed E-state index contributed by atoms with van der Waals surface area (Å²) >= 11 is 0. The van der Waals surface area contributed by atoms with Gasteiger partial charge < -0.3 is 15.4 Å². The fourth-order valence-corrected chi connectivity index (χ4v) is 1.93. The number of nitro groups is 1. The van der Waals surface area contributed by atoms with Crippen LogP contribution in [-0.4, -0.2) is 24.0 Å². The Morgan fingerprint density at radius 3 is 2.52 bits per heavy atom. The smallest absolute Gasteiger partial charge is 0.269 e. The lowest BCUT2D eigenvalue weighted by molar-refractivity contribution is -0.384. The third kappa shape index (κ3) is 4.70. The number of amides is 1. The number of carbonyl (C=O) groups is 1. The van der Waals surface area contributed by atoms with E-state index in [1.807, 2.05) is 19.1 Å². The summed E-state index contributed by atoms with van der Waals surface area (Å²) in [5, 5.41) is 16.2. The molecule has 0 radical (unpaired) electrons. The highest BCUT2D eigenvalue weighted by Crippen LogP contribution is 2.23. The standard InChI is InChI=1S/C16H17N3O4/c1-2-23-15-6-4-3-5-14(15)18-16(20)11-17-12-7-9-13(10-8-12)19(21)22/h3-10,17H,2,11H2,1H3,(H,18,20). The molecule has 0 aliphatic heterocycles. The SMILES string of the molecule is CCOc1ccccc1NC(=O)CNc1ccc([N+](=O)[O-])cc1. The van der Waals surface area contributed by atoms with Crippen molar-refractivity contribution >= 4 is 23.0 Å². The quantitative estimate of drug-likeness (QED) is 0.605. The zero-order valence-electron chi connectivity index (χ0n) is 12.6. The van der Waals surface area contributed by atoms with E-state index in [-0.39, 0.29) is 18.1 Å². The first-order chi connectivity index (χ1) is 11.1. The number of benzene rings is 2. The van der Waals surface area contributed by atoms with Crippen LogP contribution in [0.5, 0.6) is 5.75 Å². The Bertz CT molecular complexity index is 686. The maximum atomic E-state index is 12.0. The number of non-ortho nitro benzene ring substituents is 1. The molecule has 7 nitrogen and oxygen atoms in total. The summed E-state index contributed by atoms with van der Waals surface area (Å²) in [6.07, 6.45) is 0. The van der Waals surface area contributed by atoms with Crippen molar-refractivity contribution < 1.29 is 14.5 Å². The van der Waals surface area contributed by atoms with Crippen LogP contribution in [0.25, 0.3) is 0 Å². The summed E-state index contributed by atoms with van der Waals surface area (Å²) in [6.45, 7) is 2.42. The molecule has 1 amide bonds. The second-order valence-electron chi connectivity index (χ2n) is 4.63. The first-order valence-electron chi connectivity index (χ1n) is 7.10. The maximum Gasteiger partial charge on any atom is 0.269 e. The predicted octanol–water partition coefficient (Wildman–Crippen LogP) is 3.04. The zero-order chi connectivity index (χ0) is 16.7. The summed E-state index contributed by atoms with van der Waals surface area (Å²) in [5.41, 5.74) is 1.24. The summed E-state index contributed by atoms with van der Waals surface area (Å²) in [6, 6.07) is 13.0. The minimum absolute atomic E-state index is 0.00523. The van der Waals surface area contributed by atoms with Gasteiger partial charge in [-0.05, 0) is 31.2 Å². The van der Waals surface area contributed by atoms with E-state index in [0.717, 1.165) is 0 Å². The molecule has 0 atom stereocenters. The predicted molar refractivity (Wildman–Crippen MR) is 87.8 cm³/mol. The summed E-state index contributed by atoms with van der Waals surface area (Å²) in [7, 11) is 0. The molecule has 0 aliphatic rings. The molecule has 2 aromatic carbocycles. The molecular weight excluding hydrogens is 298 g/mol. The number of hydrogen-bond acceptors (Lipinski definition) is 5. The lowest BCUT2D eigenvalue weighted by Crippen LogP contribution is -2.22. The van der Waals surface area contributed by atoms with Crippen LogP contribution >= 0.6 is 0 Å². The number of nitrogens with zero attached hydrogens (tertiary/aromatic N) is 1. The molecule has 0 aromatic heterocycles. The molecule has 0 aliphatic carbocycles. The van der Waals surface area contributed by atoms with Crippen LogP contribution in [0, 0.1) is 10.1 Å². The second-order valence-corrected chi connectivity index (χ2v) is 4.63. The van der Waals surface area contributed by atoms with E-state index in [2.05, 4.69) is 10.6 Å². The summed E-state index contributed by atoms with van der Waals surface area (Å²) in [5.74, 6) is 0.370. The fourth-order valence-electron chi connectivity index (χ4n) is 1.93. The molecule has 7 heteroatoms. The van der Waals surface area contributed by atoms with Crippen molar-refractivity contribution in [3.63, 3.8) is 0 Å². The molecule has 0 unspecified atom stereocenters. The number of nitrogens with one attached hydrogen (secondary N) is 2. The minimum Gasteiger partial charge on any atom is -0.492 e. The Kier molecular flexibility index (Phi) is 5.51. The van der Waals surface area contributed by atoms with Crippen LogP contribution in [0.3, 0.4) is 0 Å². The third-order valence-corrected chi connectivity index (χ3v) is 2.99. The van der Waals surface area contributed by atoms with Crippen LogP contribution in [0.15, 0.2) is 48.5 Å². The third-order valence-electron chi connectivity index (χ3n) is 2.99. The van der Waals surface area contributed by atoms with Gasteiger partial charge in [0, 0.05) is 17.8 Å². The van der Waals surface area contributed by atoms with E-state index in [9.17, 15) is 14.9 Å². The minimum atomic E-state index is -0.471. The number of anilines is 2. The van der Waals surface area contributed by atoms with Crippen LogP contribution in [0.4, 0.5) is 17.1 Å². The van der Waals surface area contributed by atoms with Crippen molar-refractivity contribution in [2.75, 3.05) is 23.8 Å². The van der Waals surface area contributed by atoms with E-state index in [0.29, 0.717) is 23.7 Å². The van der Waals surface area contributed by atoms with Crippen molar-refractivity contribution in [2.24, 2.45) is 0 Å².